The average Bonchev–Trinajstić information content (AvgIpc) is 2.04. The van der Waals surface area contributed by atoms with Gasteiger partial charge in [-0.2, -0.15) is 0 Å². The first-order chi connectivity index (χ1) is 5.85. The largest absolute Gasteiger partial charge is 0.303 e. The molecule has 0 aromatic carbocycles. The highest BCUT2D eigenvalue weighted by Crippen LogP contribution is 2.48. The monoisotopic (exact) mass is 167 g/mol. The Morgan fingerprint density at radius 3 is 2.17 bits per heavy atom. The Hall–Kier alpha value is -0.0400. The van der Waals surface area contributed by atoms with Crippen molar-refractivity contribution in [3.63, 3.8) is 0 Å². The Bertz CT molecular complexity index is 139. The van der Waals surface area contributed by atoms with Gasteiger partial charge in [0, 0.05) is 0 Å². The van der Waals surface area contributed by atoms with E-state index >= 15 is 0 Å². The maximum absolute atomic E-state index is 2.64. The van der Waals surface area contributed by atoms with Gasteiger partial charge in [-0.25, -0.2) is 0 Å². The van der Waals surface area contributed by atoms with Crippen LogP contribution in [0.15, 0.2) is 0 Å². The fraction of sp³-hybridized carbons (Fsp3) is 1.00. The minimum absolute atomic E-state index is 0.838. The van der Waals surface area contributed by atoms with E-state index in [0.29, 0.717) is 0 Å². The van der Waals surface area contributed by atoms with Gasteiger partial charge in [0.1, 0.15) is 0 Å². The van der Waals surface area contributed by atoms with Gasteiger partial charge < -0.3 is 4.90 Å². The molecule has 2 aliphatic rings. The molecule has 2 rings (SSSR count). The zero-order valence-corrected chi connectivity index (χ0v) is 8.31. The maximum Gasteiger partial charge on any atom is -0.00134 e. The van der Waals surface area contributed by atoms with Gasteiger partial charge >= 0.3 is 0 Å². The van der Waals surface area contributed by atoms with E-state index in [4.69, 9.17) is 0 Å². The van der Waals surface area contributed by atoms with Crippen molar-refractivity contribution >= 4 is 0 Å². The van der Waals surface area contributed by atoms with Gasteiger partial charge in [-0.3, -0.25) is 0 Å². The van der Waals surface area contributed by atoms with Crippen molar-refractivity contribution in [2.24, 2.45) is 5.41 Å². The van der Waals surface area contributed by atoms with Gasteiger partial charge in [-0.15, -0.1) is 0 Å². The molecule has 0 aromatic rings. The fourth-order valence-electron chi connectivity index (χ4n) is 2.74. The lowest BCUT2D eigenvalue weighted by Crippen LogP contribution is -2.43. The van der Waals surface area contributed by atoms with Crippen LogP contribution >= 0.6 is 0 Å². The molecular formula is C11H21N. The SMILES string of the molecule is CCCN1CCC2(CCC2)CC1. The molecule has 0 amide bonds. The standard InChI is InChI=1S/C11H21N/c1-2-8-12-9-6-11(7-10-12)4-3-5-11/h2-10H2,1H3. The number of hydrogen-bond acceptors (Lipinski definition) is 1. The van der Waals surface area contributed by atoms with E-state index in [2.05, 4.69) is 11.8 Å². The normalized spacial score (nSPS) is 28.8. The van der Waals surface area contributed by atoms with Gasteiger partial charge in [0.15, 0.2) is 0 Å². The van der Waals surface area contributed by atoms with Crippen molar-refractivity contribution < 1.29 is 0 Å². The highest BCUT2D eigenvalue weighted by atomic mass is 15.1. The fourth-order valence-corrected chi connectivity index (χ4v) is 2.74. The lowest BCUT2D eigenvalue weighted by molar-refractivity contribution is 0.0336. The van der Waals surface area contributed by atoms with E-state index in [-0.39, 0.29) is 0 Å². The number of likely N-dealkylation sites (tertiary alicyclic amines) is 1. The van der Waals surface area contributed by atoms with Crippen molar-refractivity contribution in [1.29, 1.82) is 0 Å². The van der Waals surface area contributed by atoms with E-state index in [9.17, 15) is 0 Å². The smallest absolute Gasteiger partial charge is 0.00134 e. The molecule has 0 aromatic heterocycles. The molecule has 2 fully saturated rings. The van der Waals surface area contributed by atoms with E-state index < -0.39 is 0 Å². The number of hydrogen-bond donors (Lipinski definition) is 0. The first-order valence-electron chi connectivity index (χ1n) is 5.57. The molecule has 0 bridgehead atoms. The minimum atomic E-state index is 0.838. The Morgan fingerprint density at radius 1 is 1.08 bits per heavy atom. The number of rotatable bonds is 2. The van der Waals surface area contributed by atoms with Gasteiger partial charge in [0.2, 0.25) is 0 Å². The third-order valence-electron chi connectivity index (χ3n) is 3.87. The highest BCUT2D eigenvalue weighted by molar-refractivity contribution is 4.91. The average molecular weight is 167 g/mol. The zero-order chi connectivity index (χ0) is 8.44. The van der Waals surface area contributed by atoms with Crippen LogP contribution in [-0.4, -0.2) is 24.5 Å². The molecule has 1 saturated heterocycles. The predicted molar refractivity (Wildman–Crippen MR) is 52.2 cm³/mol. The topological polar surface area (TPSA) is 3.24 Å². The Morgan fingerprint density at radius 2 is 1.75 bits per heavy atom. The van der Waals surface area contributed by atoms with Crippen LogP contribution in [0, 0.1) is 5.41 Å². The summed E-state index contributed by atoms with van der Waals surface area (Å²) in [6, 6.07) is 0. The summed E-state index contributed by atoms with van der Waals surface area (Å²) in [6.07, 6.45) is 8.89. The van der Waals surface area contributed by atoms with Crippen LogP contribution < -0.4 is 0 Å². The van der Waals surface area contributed by atoms with Crippen molar-refractivity contribution in [3.8, 4) is 0 Å². The molecule has 0 atom stereocenters. The summed E-state index contributed by atoms with van der Waals surface area (Å²) < 4.78 is 0. The van der Waals surface area contributed by atoms with Crippen LogP contribution in [0.2, 0.25) is 0 Å². The first kappa shape index (κ1) is 8.55. The second-order valence-corrected chi connectivity index (χ2v) is 4.70. The Labute approximate surface area is 76.1 Å². The van der Waals surface area contributed by atoms with Crippen molar-refractivity contribution in [1.82, 2.24) is 4.90 Å². The molecule has 70 valence electrons. The Balaban J connectivity index is 1.77. The van der Waals surface area contributed by atoms with E-state index in [0.717, 1.165) is 5.41 Å². The van der Waals surface area contributed by atoms with Crippen molar-refractivity contribution in [3.05, 3.63) is 0 Å². The van der Waals surface area contributed by atoms with Gasteiger partial charge in [-0.05, 0) is 57.2 Å². The predicted octanol–water partition coefficient (Wildman–Crippen LogP) is 2.66. The molecule has 1 aliphatic heterocycles. The van der Waals surface area contributed by atoms with Crippen LogP contribution in [0.4, 0.5) is 0 Å². The van der Waals surface area contributed by atoms with Crippen LogP contribution in [0.5, 0.6) is 0 Å². The van der Waals surface area contributed by atoms with Crippen LogP contribution in [0.1, 0.15) is 45.4 Å². The molecule has 1 spiro atoms. The lowest BCUT2D eigenvalue weighted by Gasteiger charge is -2.48. The second kappa shape index (κ2) is 3.37. The lowest BCUT2D eigenvalue weighted by atomic mass is 9.63. The molecular weight excluding hydrogens is 146 g/mol. The summed E-state index contributed by atoms with van der Waals surface area (Å²) in [4.78, 5) is 2.64. The third kappa shape index (κ3) is 1.52. The summed E-state index contributed by atoms with van der Waals surface area (Å²) in [6.45, 7) is 6.38. The molecule has 1 saturated carbocycles. The first-order valence-corrected chi connectivity index (χ1v) is 5.57. The van der Waals surface area contributed by atoms with E-state index in [1.54, 1.807) is 0 Å². The minimum Gasteiger partial charge on any atom is -0.303 e. The molecule has 0 N–H and O–H groups in total. The molecule has 1 heterocycles. The summed E-state index contributed by atoms with van der Waals surface area (Å²) in [5.41, 5.74) is 0.838. The van der Waals surface area contributed by atoms with Gasteiger partial charge in [0.25, 0.3) is 0 Å². The van der Waals surface area contributed by atoms with Gasteiger partial charge in [0.05, 0.1) is 0 Å². The number of nitrogens with zero attached hydrogens (tertiary/aromatic N) is 1. The number of piperidine rings is 1. The molecule has 0 unspecified atom stereocenters. The van der Waals surface area contributed by atoms with Crippen LogP contribution in [0.25, 0.3) is 0 Å². The van der Waals surface area contributed by atoms with Crippen LogP contribution in [-0.2, 0) is 0 Å². The molecule has 12 heavy (non-hydrogen) atoms. The highest BCUT2D eigenvalue weighted by Gasteiger charge is 2.38. The molecule has 1 aliphatic carbocycles. The molecule has 0 radical (unpaired) electrons. The van der Waals surface area contributed by atoms with Gasteiger partial charge in [-0.1, -0.05) is 13.3 Å². The Kier molecular flexibility index (Phi) is 2.40. The summed E-state index contributed by atoms with van der Waals surface area (Å²) in [5.74, 6) is 0. The second-order valence-electron chi connectivity index (χ2n) is 4.70. The quantitative estimate of drug-likeness (QED) is 0.611. The summed E-state index contributed by atoms with van der Waals surface area (Å²) >= 11 is 0. The molecule has 1 heteroatoms. The van der Waals surface area contributed by atoms with E-state index in [1.807, 2.05) is 0 Å². The van der Waals surface area contributed by atoms with E-state index in [1.165, 1.54) is 58.2 Å². The molecule has 1 nitrogen and oxygen atoms in total. The van der Waals surface area contributed by atoms with Crippen molar-refractivity contribution in [2.75, 3.05) is 19.6 Å². The zero-order valence-electron chi connectivity index (χ0n) is 8.31. The maximum atomic E-state index is 2.64. The summed E-state index contributed by atoms with van der Waals surface area (Å²) in [5, 5.41) is 0. The summed E-state index contributed by atoms with van der Waals surface area (Å²) in [7, 11) is 0. The van der Waals surface area contributed by atoms with Crippen molar-refractivity contribution in [2.45, 2.75) is 45.4 Å². The third-order valence-corrected chi connectivity index (χ3v) is 3.87. The van der Waals surface area contributed by atoms with Crippen LogP contribution in [0.3, 0.4) is 0 Å².